The third kappa shape index (κ3) is 14.1. The van der Waals surface area contributed by atoms with Crippen LogP contribution in [0.5, 0.6) is 0 Å². The number of rotatable bonds is 13. The summed E-state index contributed by atoms with van der Waals surface area (Å²) in [5.41, 5.74) is 5.64. The lowest BCUT2D eigenvalue weighted by Gasteiger charge is -2.22. The summed E-state index contributed by atoms with van der Waals surface area (Å²) in [6.45, 7) is 13.8. The standard InChI is InChI=1S/C17H38N2/c1-16(2)10-5-7-13-19(15-9-12-18)14-8-6-11-17(3)4/h16-17H,5-15,18H2,1-4H3. The van der Waals surface area contributed by atoms with E-state index in [1.54, 1.807) is 0 Å². The zero-order valence-electron chi connectivity index (χ0n) is 14.0. The van der Waals surface area contributed by atoms with E-state index < -0.39 is 0 Å². The highest BCUT2D eigenvalue weighted by Gasteiger charge is 2.05. The Morgan fingerprint density at radius 2 is 1.11 bits per heavy atom. The second-order valence-electron chi connectivity index (χ2n) is 6.76. The maximum Gasteiger partial charge on any atom is -0.000672 e. The first-order chi connectivity index (χ1) is 9.06. The topological polar surface area (TPSA) is 29.3 Å². The van der Waals surface area contributed by atoms with Gasteiger partial charge in [0.25, 0.3) is 0 Å². The van der Waals surface area contributed by atoms with Crippen LogP contribution in [0, 0.1) is 11.8 Å². The van der Waals surface area contributed by atoms with Crippen molar-refractivity contribution in [3.8, 4) is 0 Å². The molecule has 0 spiro atoms. The molecule has 0 saturated heterocycles. The van der Waals surface area contributed by atoms with Crippen LogP contribution in [-0.4, -0.2) is 31.1 Å². The zero-order chi connectivity index (χ0) is 14.5. The molecule has 0 atom stereocenters. The molecule has 19 heavy (non-hydrogen) atoms. The smallest absolute Gasteiger partial charge is 0.000672 e. The van der Waals surface area contributed by atoms with Crippen molar-refractivity contribution in [2.75, 3.05) is 26.2 Å². The zero-order valence-corrected chi connectivity index (χ0v) is 14.0. The van der Waals surface area contributed by atoms with Crippen LogP contribution in [0.2, 0.25) is 0 Å². The monoisotopic (exact) mass is 270 g/mol. The van der Waals surface area contributed by atoms with E-state index in [4.69, 9.17) is 5.73 Å². The molecule has 2 heteroatoms. The van der Waals surface area contributed by atoms with E-state index in [0.29, 0.717) is 0 Å². The molecule has 0 saturated carbocycles. The molecule has 0 radical (unpaired) electrons. The van der Waals surface area contributed by atoms with Crippen molar-refractivity contribution in [2.24, 2.45) is 17.6 Å². The van der Waals surface area contributed by atoms with Gasteiger partial charge >= 0.3 is 0 Å². The van der Waals surface area contributed by atoms with Crippen LogP contribution in [-0.2, 0) is 0 Å². The molecular formula is C17H38N2. The predicted molar refractivity (Wildman–Crippen MR) is 87.5 cm³/mol. The van der Waals surface area contributed by atoms with Gasteiger partial charge in [-0.15, -0.1) is 0 Å². The van der Waals surface area contributed by atoms with Gasteiger partial charge in [0.05, 0.1) is 0 Å². The van der Waals surface area contributed by atoms with Crippen molar-refractivity contribution in [3.63, 3.8) is 0 Å². The first-order valence-corrected chi connectivity index (χ1v) is 8.48. The van der Waals surface area contributed by atoms with Crippen molar-refractivity contribution in [3.05, 3.63) is 0 Å². The fraction of sp³-hybridized carbons (Fsp3) is 1.00. The Morgan fingerprint density at radius 3 is 1.47 bits per heavy atom. The predicted octanol–water partition coefficient (Wildman–Crippen LogP) is 4.29. The normalized spacial score (nSPS) is 12.0. The maximum atomic E-state index is 5.64. The first-order valence-electron chi connectivity index (χ1n) is 8.48. The summed E-state index contributed by atoms with van der Waals surface area (Å²) in [6, 6.07) is 0. The molecule has 0 aliphatic carbocycles. The van der Waals surface area contributed by atoms with Crippen LogP contribution in [0.4, 0.5) is 0 Å². The maximum absolute atomic E-state index is 5.64. The van der Waals surface area contributed by atoms with Crippen molar-refractivity contribution < 1.29 is 0 Å². The van der Waals surface area contributed by atoms with E-state index in [1.165, 1.54) is 58.2 Å². The number of unbranched alkanes of at least 4 members (excludes halogenated alkanes) is 2. The molecule has 0 fully saturated rings. The van der Waals surface area contributed by atoms with Gasteiger partial charge in [-0.1, -0.05) is 53.4 Å². The lowest BCUT2D eigenvalue weighted by molar-refractivity contribution is 0.256. The quantitative estimate of drug-likeness (QED) is 0.506. The highest BCUT2D eigenvalue weighted by atomic mass is 15.1. The highest BCUT2D eigenvalue weighted by Crippen LogP contribution is 2.10. The molecule has 0 rings (SSSR count). The second kappa shape index (κ2) is 12.9. The van der Waals surface area contributed by atoms with Gasteiger partial charge in [0.2, 0.25) is 0 Å². The number of hydrogen-bond acceptors (Lipinski definition) is 2. The molecular weight excluding hydrogens is 232 g/mol. The van der Waals surface area contributed by atoms with Gasteiger partial charge in [-0.3, -0.25) is 0 Å². The Hall–Kier alpha value is -0.0800. The van der Waals surface area contributed by atoms with Gasteiger partial charge in [-0.2, -0.15) is 0 Å². The molecule has 0 aromatic carbocycles. The minimum atomic E-state index is 0.828. The second-order valence-corrected chi connectivity index (χ2v) is 6.76. The van der Waals surface area contributed by atoms with E-state index in [1.807, 2.05) is 0 Å². The average Bonchev–Trinajstić information content (AvgIpc) is 2.34. The molecule has 0 bridgehead atoms. The van der Waals surface area contributed by atoms with Crippen molar-refractivity contribution >= 4 is 0 Å². The molecule has 2 N–H and O–H groups in total. The molecule has 0 aromatic heterocycles. The first kappa shape index (κ1) is 18.9. The molecule has 0 aromatic rings. The van der Waals surface area contributed by atoms with Crippen LogP contribution < -0.4 is 5.73 Å². The minimum absolute atomic E-state index is 0.828. The Balaban J connectivity index is 3.68. The van der Waals surface area contributed by atoms with Crippen molar-refractivity contribution in [1.82, 2.24) is 4.90 Å². The highest BCUT2D eigenvalue weighted by molar-refractivity contribution is 4.60. The Morgan fingerprint density at radius 1 is 0.684 bits per heavy atom. The third-order valence-electron chi connectivity index (χ3n) is 3.69. The van der Waals surface area contributed by atoms with Gasteiger partial charge in [0, 0.05) is 0 Å². The van der Waals surface area contributed by atoms with Gasteiger partial charge < -0.3 is 10.6 Å². The summed E-state index contributed by atoms with van der Waals surface area (Å²) in [4.78, 5) is 2.63. The van der Waals surface area contributed by atoms with Crippen LogP contribution in [0.3, 0.4) is 0 Å². The SMILES string of the molecule is CC(C)CCCCN(CCCN)CCCCC(C)C. The van der Waals surface area contributed by atoms with Gasteiger partial charge in [0.1, 0.15) is 0 Å². The van der Waals surface area contributed by atoms with Gasteiger partial charge in [0.15, 0.2) is 0 Å². The summed E-state index contributed by atoms with van der Waals surface area (Å²) in [7, 11) is 0. The van der Waals surface area contributed by atoms with E-state index in [9.17, 15) is 0 Å². The number of hydrogen-bond donors (Lipinski definition) is 1. The summed E-state index contributed by atoms with van der Waals surface area (Å²) < 4.78 is 0. The summed E-state index contributed by atoms with van der Waals surface area (Å²) in [5.74, 6) is 1.70. The molecule has 0 aliphatic rings. The van der Waals surface area contributed by atoms with Crippen LogP contribution in [0.1, 0.15) is 72.6 Å². The van der Waals surface area contributed by atoms with Crippen LogP contribution in [0.15, 0.2) is 0 Å². The van der Waals surface area contributed by atoms with Crippen molar-refractivity contribution in [1.29, 1.82) is 0 Å². The third-order valence-corrected chi connectivity index (χ3v) is 3.69. The largest absolute Gasteiger partial charge is 0.330 e. The number of nitrogens with zero attached hydrogens (tertiary/aromatic N) is 1. The molecule has 0 amide bonds. The van der Waals surface area contributed by atoms with E-state index >= 15 is 0 Å². The van der Waals surface area contributed by atoms with Crippen molar-refractivity contribution in [2.45, 2.75) is 72.6 Å². The Kier molecular flexibility index (Phi) is 12.9. The fourth-order valence-corrected chi connectivity index (χ4v) is 2.43. The van der Waals surface area contributed by atoms with Crippen LogP contribution in [0.25, 0.3) is 0 Å². The number of nitrogens with two attached hydrogens (primary N) is 1. The molecule has 116 valence electrons. The molecule has 0 aliphatic heterocycles. The van der Waals surface area contributed by atoms with E-state index in [0.717, 1.165) is 24.8 Å². The van der Waals surface area contributed by atoms with Gasteiger partial charge in [-0.25, -0.2) is 0 Å². The summed E-state index contributed by atoms with van der Waals surface area (Å²) in [5, 5.41) is 0. The Bertz CT molecular complexity index is 162. The average molecular weight is 271 g/mol. The summed E-state index contributed by atoms with van der Waals surface area (Å²) >= 11 is 0. The lowest BCUT2D eigenvalue weighted by Crippen LogP contribution is -2.28. The molecule has 0 unspecified atom stereocenters. The minimum Gasteiger partial charge on any atom is -0.330 e. The fourth-order valence-electron chi connectivity index (χ4n) is 2.43. The van der Waals surface area contributed by atoms with Gasteiger partial charge in [-0.05, 0) is 57.3 Å². The molecule has 0 heterocycles. The summed E-state index contributed by atoms with van der Waals surface area (Å²) in [6.07, 6.45) is 9.36. The molecule has 2 nitrogen and oxygen atoms in total. The van der Waals surface area contributed by atoms with E-state index in [-0.39, 0.29) is 0 Å². The Labute approximate surface area is 122 Å². The van der Waals surface area contributed by atoms with E-state index in [2.05, 4.69) is 32.6 Å². The lowest BCUT2D eigenvalue weighted by atomic mass is 10.1. The van der Waals surface area contributed by atoms with Crippen LogP contribution >= 0.6 is 0 Å².